The fraction of sp³-hybridized carbons (Fsp3) is 0.538. The fourth-order valence-corrected chi connectivity index (χ4v) is 1.48. The van der Waals surface area contributed by atoms with Gasteiger partial charge >= 0.3 is 0 Å². The van der Waals surface area contributed by atoms with Crippen molar-refractivity contribution in [1.29, 1.82) is 0 Å². The molecule has 0 aliphatic heterocycles. The fourth-order valence-electron chi connectivity index (χ4n) is 1.48. The Morgan fingerprint density at radius 2 is 2.10 bits per heavy atom. The van der Waals surface area contributed by atoms with E-state index in [4.69, 9.17) is 10.2 Å². The number of guanidine groups is 1. The van der Waals surface area contributed by atoms with Gasteiger partial charge in [0.05, 0.1) is 0 Å². The molecule has 1 heterocycles. The second kappa shape index (κ2) is 10.5. The molecule has 0 aromatic carbocycles. The molecule has 0 bridgehead atoms. The predicted molar refractivity (Wildman–Crippen MR) is 90.4 cm³/mol. The van der Waals surface area contributed by atoms with Gasteiger partial charge in [-0.1, -0.05) is 13.3 Å². The number of nitrogens with two attached hydrogens (primary N) is 1. The average Bonchev–Trinajstić information content (AvgIpc) is 2.85. The molecule has 0 atom stereocenters. The van der Waals surface area contributed by atoms with E-state index in [1.54, 1.807) is 12.1 Å². The minimum absolute atomic E-state index is 0. The number of hydrogen-bond acceptors (Lipinski definition) is 3. The van der Waals surface area contributed by atoms with E-state index in [0.29, 0.717) is 12.3 Å². The van der Waals surface area contributed by atoms with Gasteiger partial charge in [-0.2, -0.15) is 0 Å². The lowest BCUT2D eigenvalue weighted by atomic mass is 10.3. The van der Waals surface area contributed by atoms with Gasteiger partial charge in [-0.3, -0.25) is 4.79 Å². The van der Waals surface area contributed by atoms with Crippen LogP contribution in [0.2, 0.25) is 0 Å². The quantitative estimate of drug-likeness (QED) is 0.285. The summed E-state index contributed by atoms with van der Waals surface area (Å²) in [5, 5.41) is 6.37. The van der Waals surface area contributed by atoms with E-state index in [0.717, 1.165) is 31.9 Å². The van der Waals surface area contributed by atoms with E-state index in [-0.39, 0.29) is 29.7 Å². The van der Waals surface area contributed by atoms with Gasteiger partial charge < -0.3 is 20.8 Å². The molecule has 1 rings (SSSR count). The Kier molecular flexibility index (Phi) is 9.87. The summed E-state index contributed by atoms with van der Waals surface area (Å²) in [4.78, 5) is 15.3. The maximum atomic E-state index is 10.9. The molecule has 1 aromatic heterocycles. The number of primary amides is 1. The van der Waals surface area contributed by atoms with Crippen LogP contribution in [0.1, 0.15) is 43.0 Å². The zero-order valence-electron chi connectivity index (χ0n) is 11.9. The number of furan rings is 1. The van der Waals surface area contributed by atoms with Gasteiger partial charge in [0.2, 0.25) is 0 Å². The number of carbonyl (C=O) groups excluding carboxylic acids is 1. The highest BCUT2D eigenvalue weighted by atomic mass is 127. The SMILES string of the molecule is CCCCNC(=NCc1ccc(C(N)=O)o1)NCC.I. The zero-order chi connectivity index (χ0) is 14.1. The van der Waals surface area contributed by atoms with Crippen LogP contribution in [0.25, 0.3) is 0 Å². The average molecular weight is 394 g/mol. The molecule has 0 spiro atoms. The molecule has 114 valence electrons. The molecular formula is C13H23IN4O2. The van der Waals surface area contributed by atoms with Crippen LogP contribution in [0.3, 0.4) is 0 Å². The van der Waals surface area contributed by atoms with Crippen LogP contribution in [0.4, 0.5) is 0 Å². The number of aliphatic imine (C=N–C) groups is 1. The Morgan fingerprint density at radius 3 is 2.65 bits per heavy atom. The number of rotatable bonds is 7. The summed E-state index contributed by atoms with van der Waals surface area (Å²) in [5.41, 5.74) is 5.12. The summed E-state index contributed by atoms with van der Waals surface area (Å²) in [6.45, 7) is 6.19. The lowest BCUT2D eigenvalue weighted by Crippen LogP contribution is -2.37. The number of amides is 1. The van der Waals surface area contributed by atoms with E-state index in [2.05, 4.69) is 22.5 Å². The Balaban J connectivity index is 0.00000361. The van der Waals surface area contributed by atoms with Crippen LogP contribution in [0, 0.1) is 0 Å². The van der Waals surface area contributed by atoms with Crippen LogP contribution < -0.4 is 16.4 Å². The molecule has 0 saturated carbocycles. The Hall–Kier alpha value is -1.25. The van der Waals surface area contributed by atoms with Crippen LogP contribution in [-0.4, -0.2) is 25.0 Å². The van der Waals surface area contributed by atoms with Crippen molar-refractivity contribution in [1.82, 2.24) is 10.6 Å². The summed E-state index contributed by atoms with van der Waals surface area (Å²) in [5.74, 6) is 0.951. The van der Waals surface area contributed by atoms with Gasteiger partial charge in [0, 0.05) is 13.1 Å². The summed E-state index contributed by atoms with van der Waals surface area (Å²) in [6, 6.07) is 3.27. The van der Waals surface area contributed by atoms with E-state index >= 15 is 0 Å². The van der Waals surface area contributed by atoms with E-state index in [9.17, 15) is 4.79 Å². The minimum atomic E-state index is -0.566. The van der Waals surface area contributed by atoms with Gasteiger partial charge in [0.25, 0.3) is 5.91 Å². The highest BCUT2D eigenvalue weighted by molar-refractivity contribution is 14.0. The Labute approximate surface area is 136 Å². The van der Waals surface area contributed by atoms with Gasteiger partial charge in [-0.15, -0.1) is 24.0 Å². The largest absolute Gasteiger partial charge is 0.454 e. The molecule has 0 radical (unpaired) electrons. The summed E-state index contributed by atoms with van der Waals surface area (Å²) in [6.07, 6.45) is 2.23. The first-order valence-corrected chi connectivity index (χ1v) is 6.58. The van der Waals surface area contributed by atoms with Crippen molar-refractivity contribution in [2.45, 2.75) is 33.2 Å². The first-order chi connectivity index (χ1) is 9.17. The minimum Gasteiger partial charge on any atom is -0.454 e. The summed E-state index contributed by atoms with van der Waals surface area (Å²) < 4.78 is 5.26. The normalized spacial score (nSPS) is 10.8. The van der Waals surface area contributed by atoms with Crippen molar-refractivity contribution in [2.75, 3.05) is 13.1 Å². The lowest BCUT2D eigenvalue weighted by Gasteiger charge is -2.10. The summed E-state index contributed by atoms with van der Waals surface area (Å²) in [7, 11) is 0. The van der Waals surface area contributed by atoms with Crippen LogP contribution in [0.5, 0.6) is 0 Å². The third kappa shape index (κ3) is 6.78. The highest BCUT2D eigenvalue weighted by Gasteiger charge is 2.06. The topological polar surface area (TPSA) is 92.6 Å². The van der Waals surface area contributed by atoms with Crippen molar-refractivity contribution in [3.63, 3.8) is 0 Å². The van der Waals surface area contributed by atoms with E-state index in [1.165, 1.54) is 0 Å². The molecule has 4 N–H and O–H groups in total. The molecule has 1 aromatic rings. The third-order valence-corrected chi connectivity index (χ3v) is 2.46. The third-order valence-electron chi connectivity index (χ3n) is 2.46. The van der Waals surface area contributed by atoms with Crippen molar-refractivity contribution < 1.29 is 9.21 Å². The molecule has 7 heteroatoms. The predicted octanol–water partition coefficient (Wildman–Crippen LogP) is 1.85. The maximum absolute atomic E-state index is 10.9. The number of unbranched alkanes of at least 4 members (excludes halogenated alkanes) is 1. The van der Waals surface area contributed by atoms with Crippen molar-refractivity contribution in [3.8, 4) is 0 Å². The Bertz CT molecular complexity index is 432. The van der Waals surface area contributed by atoms with Crippen LogP contribution in [0.15, 0.2) is 21.5 Å². The highest BCUT2D eigenvalue weighted by Crippen LogP contribution is 2.08. The van der Waals surface area contributed by atoms with E-state index < -0.39 is 5.91 Å². The maximum Gasteiger partial charge on any atom is 0.284 e. The lowest BCUT2D eigenvalue weighted by molar-refractivity contribution is 0.0972. The molecule has 1 amide bonds. The number of halogens is 1. The molecular weight excluding hydrogens is 371 g/mol. The molecule has 6 nitrogen and oxygen atoms in total. The molecule has 0 saturated heterocycles. The number of hydrogen-bond donors (Lipinski definition) is 3. The number of carbonyl (C=O) groups is 1. The first-order valence-electron chi connectivity index (χ1n) is 6.58. The van der Waals surface area contributed by atoms with Crippen molar-refractivity contribution in [3.05, 3.63) is 23.7 Å². The molecule has 20 heavy (non-hydrogen) atoms. The molecule has 0 fully saturated rings. The van der Waals surface area contributed by atoms with Gasteiger partial charge in [-0.25, -0.2) is 4.99 Å². The van der Waals surface area contributed by atoms with Crippen molar-refractivity contribution >= 4 is 35.8 Å². The second-order valence-electron chi connectivity index (χ2n) is 4.11. The van der Waals surface area contributed by atoms with Crippen molar-refractivity contribution in [2.24, 2.45) is 10.7 Å². The second-order valence-corrected chi connectivity index (χ2v) is 4.11. The smallest absolute Gasteiger partial charge is 0.284 e. The van der Waals surface area contributed by atoms with Crippen LogP contribution >= 0.6 is 24.0 Å². The van der Waals surface area contributed by atoms with Crippen LogP contribution in [-0.2, 0) is 6.54 Å². The van der Waals surface area contributed by atoms with Gasteiger partial charge in [0.1, 0.15) is 12.3 Å². The monoisotopic (exact) mass is 394 g/mol. The first kappa shape index (κ1) is 18.8. The summed E-state index contributed by atoms with van der Waals surface area (Å²) >= 11 is 0. The van der Waals surface area contributed by atoms with Gasteiger partial charge in [-0.05, 0) is 25.5 Å². The number of nitrogens with zero attached hydrogens (tertiary/aromatic N) is 1. The molecule has 0 unspecified atom stereocenters. The number of nitrogens with one attached hydrogen (secondary N) is 2. The molecule has 0 aliphatic rings. The molecule has 0 aliphatic carbocycles. The van der Waals surface area contributed by atoms with E-state index in [1.807, 2.05) is 6.92 Å². The Morgan fingerprint density at radius 1 is 1.35 bits per heavy atom. The zero-order valence-corrected chi connectivity index (χ0v) is 14.3. The standard InChI is InChI=1S/C13H22N4O2.HI/c1-3-5-8-16-13(15-4-2)17-9-10-6-7-11(19-10)12(14)18;/h6-7H,3-5,8-9H2,1-2H3,(H2,14,18)(H2,15,16,17);1H. The van der Waals surface area contributed by atoms with Gasteiger partial charge in [0.15, 0.2) is 11.7 Å².